The summed E-state index contributed by atoms with van der Waals surface area (Å²) in [4.78, 5) is 4.18. The second kappa shape index (κ2) is 2.47. The summed E-state index contributed by atoms with van der Waals surface area (Å²) in [5.74, 6) is 0. The van der Waals surface area contributed by atoms with Crippen molar-refractivity contribution in [3.63, 3.8) is 0 Å². The average molecular weight is 165 g/mol. The van der Waals surface area contributed by atoms with Crippen molar-refractivity contribution in [1.82, 2.24) is 15.2 Å². The van der Waals surface area contributed by atoms with Crippen molar-refractivity contribution in [2.45, 2.75) is 6.92 Å². The topological polar surface area (TPSA) is 41.6 Å². The third-order valence-electron chi connectivity index (χ3n) is 1.54. The molecule has 0 aliphatic rings. The minimum Gasteiger partial charge on any atom is -0.282 e. The number of hydrogen-bond donors (Lipinski definition) is 1. The van der Waals surface area contributed by atoms with Gasteiger partial charge in [0.15, 0.2) is 0 Å². The first kappa shape index (κ1) is 6.54. The molecule has 0 spiro atoms. The van der Waals surface area contributed by atoms with Crippen LogP contribution < -0.4 is 0 Å². The molecule has 0 unspecified atom stereocenters. The molecule has 0 aliphatic carbocycles. The van der Waals surface area contributed by atoms with Gasteiger partial charge in [0.1, 0.15) is 0 Å². The fourth-order valence-corrected chi connectivity index (χ4v) is 1.51. The summed E-state index contributed by atoms with van der Waals surface area (Å²) in [6, 6.07) is 0. The van der Waals surface area contributed by atoms with Crippen molar-refractivity contribution >= 4 is 11.3 Å². The number of aryl methyl sites for hydroxylation is 1. The van der Waals surface area contributed by atoms with Crippen LogP contribution in [-0.2, 0) is 0 Å². The Bertz CT molecular complexity index is 336. The highest BCUT2D eigenvalue weighted by atomic mass is 32.1. The lowest BCUT2D eigenvalue weighted by Crippen LogP contribution is -1.76. The predicted molar refractivity (Wildman–Crippen MR) is 44.4 cm³/mol. The maximum Gasteiger partial charge on any atom is 0.0845 e. The van der Waals surface area contributed by atoms with Crippen molar-refractivity contribution in [1.29, 1.82) is 0 Å². The maximum absolute atomic E-state index is 4.18. The van der Waals surface area contributed by atoms with Crippen molar-refractivity contribution in [3.05, 3.63) is 22.8 Å². The van der Waals surface area contributed by atoms with Gasteiger partial charge >= 0.3 is 0 Å². The maximum atomic E-state index is 4.18. The molecule has 0 saturated heterocycles. The molecule has 56 valence electrons. The zero-order chi connectivity index (χ0) is 7.68. The lowest BCUT2D eigenvalue weighted by Gasteiger charge is -1.89. The summed E-state index contributed by atoms with van der Waals surface area (Å²) < 4.78 is 0. The first-order chi connectivity index (χ1) is 5.38. The minimum absolute atomic E-state index is 1.00. The molecule has 11 heavy (non-hydrogen) atoms. The number of nitrogens with one attached hydrogen (secondary N) is 1. The number of thiazole rings is 1. The van der Waals surface area contributed by atoms with E-state index >= 15 is 0 Å². The normalized spacial score (nSPS) is 10.3. The van der Waals surface area contributed by atoms with Gasteiger partial charge in [0, 0.05) is 16.6 Å². The van der Waals surface area contributed by atoms with E-state index in [4.69, 9.17) is 0 Å². The van der Waals surface area contributed by atoms with Crippen LogP contribution in [0.15, 0.2) is 17.1 Å². The molecule has 0 atom stereocenters. The summed E-state index contributed by atoms with van der Waals surface area (Å²) in [6.07, 6.45) is 1.80. The smallest absolute Gasteiger partial charge is 0.0845 e. The van der Waals surface area contributed by atoms with Gasteiger partial charge in [-0.25, -0.2) is 4.98 Å². The van der Waals surface area contributed by atoms with Gasteiger partial charge in [-0.1, -0.05) is 0 Å². The van der Waals surface area contributed by atoms with Crippen LogP contribution in [0, 0.1) is 6.92 Å². The first-order valence-corrected chi connectivity index (χ1v) is 4.21. The molecule has 0 saturated carbocycles. The first-order valence-electron chi connectivity index (χ1n) is 3.26. The number of aromatic nitrogens is 3. The molecule has 2 rings (SSSR count). The molecule has 2 aromatic heterocycles. The SMILES string of the molecule is Cc1[nH]ncc1-c1cscn1. The Morgan fingerprint density at radius 2 is 2.45 bits per heavy atom. The van der Waals surface area contributed by atoms with Gasteiger partial charge in [-0.2, -0.15) is 5.10 Å². The number of nitrogens with zero attached hydrogens (tertiary/aromatic N) is 2. The van der Waals surface area contributed by atoms with E-state index in [1.165, 1.54) is 0 Å². The Balaban J connectivity index is 2.53. The third kappa shape index (κ3) is 1.05. The zero-order valence-electron chi connectivity index (χ0n) is 6.03. The van der Waals surface area contributed by atoms with Crippen LogP contribution in [0.1, 0.15) is 5.69 Å². The van der Waals surface area contributed by atoms with E-state index < -0.39 is 0 Å². The summed E-state index contributed by atoms with van der Waals surface area (Å²) in [5, 5.41) is 8.80. The molecule has 2 heterocycles. The predicted octanol–water partition coefficient (Wildman–Crippen LogP) is 1.84. The zero-order valence-corrected chi connectivity index (χ0v) is 6.85. The highest BCUT2D eigenvalue weighted by Gasteiger charge is 2.03. The van der Waals surface area contributed by atoms with E-state index in [1.54, 1.807) is 17.5 Å². The molecule has 0 amide bonds. The summed E-state index contributed by atoms with van der Waals surface area (Å²) >= 11 is 1.59. The Morgan fingerprint density at radius 1 is 1.55 bits per heavy atom. The molecule has 1 N–H and O–H groups in total. The van der Waals surface area contributed by atoms with Crippen molar-refractivity contribution in [2.24, 2.45) is 0 Å². The third-order valence-corrected chi connectivity index (χ3v) is 2.12. The number of H-pyrrole nitrogens is 1. The van der Waals surface area contributed by atoms with Crippen molar-refractivity contribution in [3.8, 4) is 11.3 Å². The van der Waals surface area contributed by atoms with E-state index in [2.05, 4.69) is 15.2 Å². The van der Waals surface area contributed by atoms with Crippen molar-refractivity contribution in [2.75, 3.05) is 0 Å². The van der Waals surface area contributed by atoms with E-state index in [0.717, 1.165) is 17.0 Å². The molecule has 3 nitrogen and oxygen atoms in total. The molecule has 4 heteroatoms. The summed E-state index contributed by atoms with van der Waals surface area (Å²) in [6.45, 7) is 1.99. The largest absolute Gasteiger partial charge is 0.282 e. The quantitative estimate of drug-likeness (QED) is 0.700. The summed E-state index contributed by atoms with van der Waals surface area (Å²) in [5.41, 5.74) is 4.98. The van der Waals surface area contributed by atoms with Gasteiger partial charge in [-0.05, 0) is 6.92 Å². The monoisotopic (exact) mass is 165 g/mol. The molecular weight excluding hydrogens is 158 g/mol. The fraction of sp³-hybridized carbons (Fsp3) is 0.143. The van der Waals surface area contributed by atoms with Crippen molar-refractivity contribution < 1.29 is 0 Å². The molecule has 0 aliphatic heterocycles. The lowest BCUT2D eigenvalue weighted by atomic mass is 10.2. The minimum atomic E-state index is 1.00. The lowest BCUT2D eigenvalue weighted by molar-refractivity contribution is 1.05. The van der Waals surface area contributed by atoms with E-state index in [1.807, 2.05) is 17.8 Å². The Morgan fingerprint density at radius 3 is 3.00 bits per heavy atom. The van der Waals surface area contributed by atoms with Gasteiger partial charge in [0.2, 0.25) is 0 Å². The molecule has 2 aromatic rings. The molecule has 0 radical (unpaired) electrons. The number of aromatic amines is 1. The Kier molecular flexibility index (Phi) is 1.47. The van der Waals surface area contributed by atoms with Crippen LogP contribution in [0.2, 0.25) is 0 Å². The van der Waals surface area contributed by atoms with Gasteiger partial charge in [-0.15, -0.1) is 11.3 Å². The molecule has 0 fully saturated rings. The van der Waals surface area contributed by atoms with Gasteiger partial charge < -0.3 is 0 Å². The van der Waals surface area contributed by atoms with Crippen LogP contribution in [0.3, 0.4) is 0 Å². The van der Waals surface area contributed by atoms with Crippen LogP contribution >= 0.6 is 11.3 Å². The van der Waals surface area contributed by atoms with Gasteiger partial charge in [0.05, 0.1) is 17.4 Å². The fourth-order valence-electron chi connectivity index (χ4n) is 0.954. The Hall–Kier alpha value is -1.16. The molecular formula is C7H7N3S. The number of rotatable bonds is 1. The Labute approximate surface area is 68.1 Å². The molecule has 0 bridgehead atoms. The van der Waals surface area contributed by atoms with Crippen LogP contribution in [0.5, 0.6) is 0 Å². The van der Waals surface area contributed by atoms with Crippen LogP contribution in [0.4, 0.5) is 0 Å². The second-order valence-electron chi connectivity index (χ2n) is 2.28. The van der Waals surface area contributed by atoms with Crippen LogP contribution in [-0.4, -0.2) is 15.2 Å². The number of hydrogen-bond acceptors (Lipinski definition) is 3. The van der Waals surface area contributed by atoms with Gasteiger partial charge in [0.25, 0.3) is 0 Å². The highest BCUT2D eigenvalue weighted by Crippen LogP contribution is 2.20. The standard InChI is InChI=1S/C7H7N3S/c1-5-6(2-9-10-5)7-3-11-4-8-7/h2-4H,1H3,(H,9,10). The van der Waals surface area contributed by atoms with E-state index in [9.17, 15) is 0 Å². The average Bonchev–Trinajstić information content (AvgIpc) is 2.55. The molecule has 0 aromatic carbocycles. The highest BCUT2D eigenvalue weighted by molar-refractivity contribution is 7.07. The van der Waals surface area contributed by atoms with Gasteiger partial charge in [-0.3, -0.25) is 5.10 Å². The van der Waals surface area contributed by atoms with Crippen LogP contribution in [0.25, 0.3) is 11.3 Å². The van der Waals surface area contributed by atoms with E-state index in [0.29, 0.717) is 0 Å². The second-order valence-corrected chi connectivity index (χ2v) is 3.00. The summed E-state index contributed by atoms with van der Waals surface area (Å²) in [7, 11) is 0. The van der Waals surface area contributed by atoms with E-state index in [-0.39, 0.29) is 0 Å².